The fourth-order valence-corrected chi connectivity index (χ4v) is 2.36. The molecule has 0 fully saturated rings. The van der Waals surface area contributed by atoms with Crippen molar-refractivity contribution in [2.24, 2.45) is 0 Å². The van der Waals surface area contributed by atoms with Gasteiger partial charge >= 0.3 is 0 Å². The molecule has 0 saturated carbocycles. The van der Waals surface area contributed by atoms with Gasteiger partial charge in [0, 0.05) is 12.1 Å². The Morgan fingerprint density at radius 1 is 1.04 bits per heavy atom. The molecule has 4 nitrogen and oxygen atoms in total. The molecule has 3 aromatic rings. The summed E-state index contributed by atoms with van der Waals surface area (Å²) in [4.78, 5) is 11.9. The lowest BCUT2D eigenvalue weighted by Crippen LogP contribution is -2.28. The predicted octanol–water partition coefficient (Wildman–Crippen LogP) is 3.95. The third-order valence-corrected chi connectivity index (χ3v) is 3.75. The molecule has 4 heteroatoms. The molecule has 0 saturated heterocycles. The van der Waals surface area contributed by atoms with Gasteiger partial charge in [0.1, 0.15) is 5.75 Å². The first-order valence-corrected chi connectivity index (χ1v) is 7.79. The second-order valence-electron chi connectivity index (χ2n) is 5.54. The monoisotopic (exact) mass is 321 g/mol. The van der Waals surface area contributed by atoms with Crippen LogP contribution in [0.15, 0.2) is 71.5 Å². The van der Waals surface area contributed by atoms with Crippen molar-refractivity contribution < 1.29 is 13.9 Å². The number of amides is 1. The standard InChI is InChI=1S/C20H19NO3/c1-15-4-2-3-5-19(15)24-14-20(22)21-12-16-6-8-17(9-7-16)18-10-11-23-13-18/h2-11,13H,12,14H2,1H3,(H,21,22). The smallest absolute Gasteiger partial charge is 0.258 e. The molecule has 0 unspecified atom stereocenters. The molecule has 1 heterocycles. The lowest BCUT2D eigenvalue weighted by atomic mass is 10.1. The second kappa shape index (κ2) is 7.51. The molecule has 3 rings (SSSR count). The summed E-state index contributed by atoms with van der Waals surface area (Å²) < 4.78 is 10.6. The third kappa shape index (κ3) is 4.04. The zero-order valence-electron chi connectivity index (χ0n) is 13.5. The number of benzene rings is 2. The lowest BCUT2D eigenvalue weighted by molar-refractivity contribution is -0.123. The minimum absolute atomic E-state index is 0.0119. The van der Waals surface area contributed by atoms with E-state index in [-0.39, 0.29) is 12.5 Å². The summed E-state index contributed by atoms with van der Waals surface area (Å²) in [6.45, 7) is 2.44. The Morgan fingerprint density at radius 3 is 2.54 bits per heavy atom. The van der Waals surface area contributed by atoms with Crippen LogP contribution in [0.1, 0.15) is 11.1 Å². The van der Waals surface area contributed by atoms with E-state index in [1.54, 1.807) is 12.5 Å². The van der Waals surface area contributed by atoms with E-state index in [2.05, 4.69) is 5.32 Å². The van der Waals surface area contributed by atoms with E-state index in [4.69, 9.17) is 9.15 Å². The number of hydrogen-bond donors (Lipinski definition) is 1. The number of para-hydroxylation sites is 1. The SMILES string of the molecule is Cc1ccccc1OCC(=O)NCc1ccc(-c2ccoc2)cc1. The van der Waals surface area contributed by atoms with Crippen LogP contribution in [0, 0.1) is 6.92 Å². The quantitative estimate of drug-likeness (QED) is 0.748. The average molecular weight is 321 g/mol. The van der Waals surface area contributed by atoms with Crippen LogP contribution < -0.4 is 10.1 Å². The van der Waals surface area contributed by atoms with Crippen molar-refractivity contribution in [2.75, 3.05) is 6.61 Å². The molecule has 0 aliphatic carbocycles. The van der Waals surface area contributed by atoms with Crippen LogP contribution in [0.3, 0.4) is 0 Å². The first-order chi connectivity index (χ1) is 11.7. The van der Waals surface area contributed by atoms with Gasteiger partial charge in [0.25, 0.3) is 5.91 Å². The summed E-state index contributed by atoms with van der Waals surface area (Å²) in [5, 5.41) is 2.86. The third-order valence-electron chi connectivity index (χ3n) is 3.75. The first-order valence-electron chi connectivity index (χ1n) is 7.79. The fourth-order valence-electron chi connectivity index (χ4n) is 2.36. The number of rotatable bonds is 6. The number of carbonyl (C=O) groups is 1. The number of nitrogens with one attached hydrogen (secondary N) is 1. The number of hydrogen-bond acceptors (Lipinski definition) is 3. The molecule has 0 aliphatic rings. The van der Waals surface area contributed by atoms with Crippen LogP contribution in [0.4, 0.5) is 0 Å². The molecule has 0 aliphatic heterocycles. The van der Waals surface area contributed by atoms with Crippen molar-refractivity contribution in [3.05, 3.63) is 78.3 Å². The Labute approximate surface area is 141 Å². The van der Waals surface area contributed by atoms with Gasteiger partial charge in [-0.3, -0.25) is 4.79 Å². The van der Waals surface area contributed by atoms with Crippen molar-refractivity contribution in [3.63, 3.8) is 0 Å². The Hall–Kier alpha value is -3.01. The highest BCUT2D eigenvalue weighted by Gasteiger charge is 2.05. The molecule has 1 amide bonds. The molecule has 0 radical (unpaired) electrons. The van der Waals surface area contributed by atoms with Gasteiger partial charge in [0.15, 0.2) is 6.61 Å². The van der Waals surface area contributed by atoms with E-state index in [9.17, 15) is 4.79 Å². The van der Waals surface area contributed by atoms with Crippen molar-refractivity contribution in [2.45, 2.75) is 13.5 Å². The van der Waals surface area contributed by atoms with Gasteiger partial charge in [-0.2, -0.15) is 0 Å². The first kappa shape index (κ1) is 15.9. The van der Waals surface area contributed by atoms with E-state index in [0.717, 1.165) is 28.0 Å². The van der Waals surface area contributed by atoms with Crippen molar-refractivity contribution in [1.29, 1.82) is 0 Å². The largest absolute Gasteiger partial charge is 0.484 e. The summed E-state index contributed by atoms with van der Waals surface area (Å²) in [6.07, 6.45) is 3.36. The minimum atomic E-state index is -0.142. The lowest BCUT2D eigenvalue weighted by Gasteiger charge is -2.09. The summed E-state index contributed by atoms with van der Waals surface area (Å²) >= 11 is 0. The molecule has 2 aromatic carbocycles. The minimum Gasteiger partial charge on any atom is -0.484 e. The normalized spacial score (nSPS) is 10.4. The maximum absolute atomic E-state index is 11.9. The molecular formula is C20H19NO3. The van der Waals surface area contributed by atoms with Crippen LogP contribution in [0.5, 0.6) is 5.75 Å². The maximum atomic E-state index is 11.9. The zero-order valence-corrected chi connectivity index (χ0v) is 13.5. The fraction of sp³-hybridized carbons (Fsp3) is 0.150. The summed E-state index contributed by atoms with van der Waals surface area (Å²) in [5.41, 5.74) is 4.17. The maximum Gasteiger partial charge on any atom is 0.258 e. The van der Waals surface area contributed by atoms with Crippen LogP contribution in [0.25, 0.3) is 11.1 Å². The van der Waals surface area contributed by atoms with Crippen LogP contribution in [-0.4, -0.2) is 12.5 Å². The molecule has 0 bridgehead atoms. The average Bonchev–Trinajstić information content (AvgIpc) is 3.14. The van der Waals surface area contributed by atoms with Gasteiger partial charge in [-0.25, -0.2) is 0 Å². The van der Waals surface area contributed by atoms with E-state index in [1.807, 2.05) is 61.5 Å². The zero-order chi connectivity index (χ0) is 16.8. The Balaban J connectivity index is 1.48. The van der Waals surface area contributed by atoms with Crippen LogP contribution >= 0.6 is 0 Å². The Morgan fingerprint density at radius 2 is 1.83 bits per heavy atom. The van der Waals surface area contributed by atoms with E-state index in [0.29, 0.717) is 6.54 Å². The summed E-state index contributed by atoms with van der Waals surface area (Å²) in [5.74, 6) is 0.592. The Bertz CT molecular complexity index is 792. The van der Waals surface area contributed by atoms with E-state index >= 15 is 0 Å². The summed E-state index contributed by atoms with van der Waals surface area (Å²) in [7, 11) is 0. The van der Waals surface area contributed by atoms with Gasteiger partial charge in [0.05, 0.1) is 12.5 Å². The van der Waals surface area contributed by atoms with Gasteiger partial charge in [0.2, 0.25) is 0 Å². The number of carbonyl (C=O) groups excluding carboxylic acids is 1. The molecular weight excluding hydrogens is 302 g/mol. The van der Waals surface area contributed by atoms with Crippen molar-refractivity contribution >= 4 is 5.91 Å². The molecule has 0 spiro atoms. The van der Waals surface area contributed by atoms with Crippen molar-refractivity contribution in [3.8, 4) is 16.9 Å². The van der Waals surface area contributed by atoms with Crippen LogP contribution in [0.2, 0.25) is 0 Å². The van der Waals surface area contributed by atoms with Crippen molar-refractivity contribution in [1.82, 2.24) is 5.32 Å². The Kier molecular flexibility index (Phi) is 4.96. The van der Waals surface area contributed by atoms with Gasteiger partial charge in [-0.15, -0.1) is 0 Å². The molecule has 1 aromatic heterocycles. The molecule has 0 atom stereocenters. The topological polar surface area (TPSA) is 51.5 Å². The summed E-state index contributed by atoms with van der Waals surface area (Å²) in [6, 6.07) is 17.6. The highest BCUT2D eigenvalue weighted by molar-refractivity contribution is 5.77. The predicted molar refractivity (Wildman–Crippen MR) is 92.7 cm³/mol. The van der Waals surface area contributed by atoms with Gasteiger partial charge in [-0.1, -0.05) is 42.5 Å². The van der Waals surface area contributed by atoms with Crippen LogP contribution in [-0.2, 0) is 11.3 Å². The van der Waals surface area contributed by atoms with Gasteiger partial charge in [-0.05, 0) is 35.7 Å². The second-order valence-corrected chi connectivity index (χ2v) is 5.54. The number of aryl methyl sites for hydroxylation is 1. The highest BCUT2D eigenvalue weighted by Crippen LogP contribution is 2.20. The number of ether oxygens (including phenoxy) is 1. The van der Waals surface area contributed by atoms with E-state index < -0.39 is 0 Å². The highest BCUT2D eigenvalue weighted by atomic mass is 16.5. The van der Waals surface area contributed by atoms with Gasteiger partial charge < -0.3 is 14.5 Å². The number of furan rings is 1. The molecule has 1 N–H and O–H groups in total. The van der Waals surface area contributed by atoms with E-state index in [1.165, 1.54) is 0 Å². The molecule has 122 valence electrons. The molecule has 24 heavy (non-hydrogen) atoms.